The van der Waals surface area contributed by atoms with Gasteiger partial charge in [-0.1, -0.05) is 12.1 Å². The van der Waals surface area contributed by atoms with Gasteiger partial charge in [0.2, 0.25) is 0 Å². The fourth-order valence-electron chi connectivity index (χ4n) is 2.17. The molecule has 3 nitrogen and oxygen atoms in total. The van der Waals surface area contributed by atoms with Gasteiger partial charge in [0.15, 0.2) is 0 Å². The Labute approximate surface area is 103 Å². The summed E-state index contributed by atoms with van der Waals surface area (Å²) in [7, 11) is 0. The molecule has 0 aliphatic carbocycles. The van der Waals surface area contributed by atoms with Crippen LogP contribution in [0.3, 0.4) is 0 Å². The Hall–Kier alpha value is -1.06. The first-order valence-corrected chi connectivity index (χ1v) is 6.45. The standard InChI is InChI=1S/C14H21NO2/c16-13-7-5-12(6-8-13)11-15-9-1-3-14-4-2-10-17-14/h5-8,14-16H,1-4,9-11H2. The molecule has 0 aromatic heterocycles. The van der Waals surface area contributed by atoms with E-state index in [9.17, 15) is 0 Å². The summed E-state index contributed by atoms with van der Waals surface area (Å²) in [6.45, 7) is 2.85. The Balaban J connectivity index is 1.55. The number of ether oxygens (including phenoxy) is 1. The van der Waals surface area contributed by atoms with E-state index in [0.717, 1.165) is 19.7 Å². The van der Waals surface area contributed by atoms with Crippen molar-refractivity contribution in [3.8, 4) is 5.75 Å². The van der Waals surface area contributed by atoms with Gasteiger partial charge in [-0.05, 0) is 49.9 Å². The van der Waals surface area contributed by atoms with Crippen molar-refractivity contribution in [3.05, 3.63) is 29.8 Å². The molecule has 2 N–H and O–H groups in total. The number of phenols is 1. The molecule has 1 saturated heterocycles. The summed E-state index contributed by atoms with van der Waals surface area (Å²) in [6.07, 6.45) is 5.31. The van der Waals surface area contributed by atoms with E-state index < -0.39 is 0 Å². The van der Waals surface area contributed by atoms with E-state index in [-0.39, 0.29) is 0 Å². The first-order chi connectivity index (χ1) is 8.34. The summed E-state index contributed by atoms with van der Waals surface area (Å²) in [6, 6.07) is 7.34. The highest BCUT2D eigenvalue weighted by atomic mass is 16.5. The van der Waals surface area contributed by atoms with E-state index in [4.69, 9.17) is 9.84 Å². The molecule has 0 bridgehead atoms. The predicted octanol–water partition coefficient (Wildman–Crippen LogP) is 2.44. The second kappa shape index (κ2) is 6.62. The van der Waals surface area contributed by atoms with Gasteiger partial charge in [-0.3, -0.25) is 0 Å². The van der Waals surface area contributed by atoms with Crippen LogP contribution in [0.2, 0.25) is 0 Å². The van der Waals surface area contributed by atoms with Crippen molar-refractivity contribution in [2.24, 2.45) is 0 Å². The van der Waals surface area contributed by atoms with Gasteiger partial charge in [-0.15, -0.1) is 0 Å². The largest absolute Gasteiger partial charge is 0.508 e. The molecule has 1 heterocycles. The van der Waals surface area contributed by atoms with Crippen molar-refractivity contribution in [3.63, 3.8) is 0 Å². The first-order valence-electron chi connectivity index (χ1n) is 6.45. The Kier molecular flexibility index (Phi) is 4.83. The zero-order valence-electron chi connectivity index (χ0n) is 10.2. The Morgan fingerprint density at radius 2 is 2.12 bits per heavy atom. The molecular formula is C14H21NO2. The number of hydrogen-bond donors (Lipinski definition) is 2. The molecule has 0 radical (unpaired) electrons. The van der Waals surface area contributed by atoms with Crippen LogP contribution in [0.15, 0.2) is 24.3 Å². The minimum Gasteiger partial charge on any atom is -0.508 e. The summed E-state index contributed by atoms with van der Waals surface area (Å²) in [5.74, 6) is 0.326. The minimum absolute atomic E-state index is 0.326. The van der Waals surface area contributed by atoms with Gasteiger partial charge in [0.1, 0.15) is 5.75 Å². The number of benzene rings is 1. The fraction of sp³-hybridized carbons (Fsp3) is 0.571. The molecule has 0 amide bonds. The Morgan fingerprint density at radius 3 is 2.82 bits per heavy atom. The highest BCUT2D eigenvalue weighted by Gasteiger charge is 2.14. The summed E-state index contributed by atoms with van der Waals surface area (Å²) < 4.78 is 5.58. The van der Waals surface area contributed by atoms with Crippen LogP contribution in [0.1, 0.15) is 31.2 Å². The molecule has 1 atom stereocenters. The molecule has 94 valence electrons. The van der Waals surface area contributed by atoms with E-state index >= 15 is 0 Å². The van der Waals surface area contributed by atoms with Gasteiger partial charge >= 0.3 is 0 Å². The lowest BCUT2D eigenvalue weighted by Crippen LogP contribution is -2.16. The van der Waals surface area contributed by atoms with Gasteiger partial charge in [0.25, 0.3) is 0 Å². The van der Waals surface area contributed by atoms with Gasteiger partial charge in [0.05, 0.1) is 6.10 Å². The molecule has 1 aliphatic heterocycles. The smallest absolute Gasteiger partial charge is 0.115 e. The highest BCUT2D eigenvalue weighted by Crippen LogP contribution is 2.16. The molecule has 1 aromatic rings. The van der Waals surface area contributed by atoms with Crippen LogP contribution in [0.4, 0.5) is 0 Å². The zero-order valence-corrected chi connectivity index (χ0v) is 10.2. The molecule has 0 saturated carbocycles. The fourth-order valence-corrected chi connectivity index (χ4v) is 2.17. The third kappa shape index (κ3) is 4.36. The van der Waals surface area contributed by atoms with Gasteiger partial charge < -0.3 is 15.2 Å². The normalized spacial score (nSPS) is 19.6. The van der Waals surface area contributed by atoms with Crippen LogP contribution in [-0.4, -0.2) is 24.4 Å². The number of hydrogen-bond acceptors (Lipinski definition) is 3. The Morgan fingerprint density at radius 1 is 1.29 bits per heavy atom. The van der Waals surface area contributed by atoms with Crippen LogP contribution < -0.4 is 5.32 Å². The summed E-state index contributed by atoms with van der Waals surface area (Å²) in [4.78, 5) is 0. The molecule has 3 heteroatoms. The number of phenolic OH excluding ortho intramolecular Hbond substituents is 1. The molecule has 17 heavy (non-hydrogen) atoms. The zero-order chi connectivity index (χ0) is 11.9. The second-order valence-corrected chi connectivity index (χ2v) is 4.62. The third-order valence-electron chi connectivity index (χ3n) is 3.17. The lowest BCUT2D eigenvalue weighted by molar-refractivity contribution is 0.102. The average Bonchev–Trinajstić information content (AvgIpc) is 2.84. The van der Waals surface area contributed by atoms with Crippen LogP contribution in [-0.2, 0) is 11.3 Å². The highest BCUT2D eigenvalue weighted by molar-refractivity contribution is 5.25. The monoisotopic (exact) mass is 235 g/mol. The molecule has 0 spiro atoms. The molecule has 1 unspecified atom stereocenters. The topological polar surface area (TPSA) is 41.5 Å². The lowest BCUT2D eigenvalue weighted by atomic mass is 10.1. The first kappa shape index (κ1) is 12.4. The SMILES string of the molecule is Oc1ccc(CNCCCC2CCCO2)cc1. The van der Waals surface area contributed by atoms with Crippen molar-refractivity contribution in [1.29, 1.82) is 0 Å². The van der Waals surface area contributed by atoms with Crippen LogP contribution in [0.25, 0.3) is 0 Å². The molecule has 2 rings (SSSR count). The van der Waals surface area contributed by atoms with E-state index in [1.165, 1.54) is 31.2 Å². The quantitative estimate of drug-likeness (QED) is 0.744. The van der Waals surface area contributed by atoms with Gasteiger partial charge in [-0.25, -0.2) is 0 Å². The molecule has 1 aromatic carbocycles. The van der Waals surface area contributed by atoms with Crippen molar-refractivity contribution in [1.82, 2.24) is 5.32 Å². The van der Waals surface area contributed by atoms with Crippen LogP contribution in [0, 0.1) is 0 Å². The van der Waals surface area contributed by atoms with E-state index in [2.05, 4.69) is 5.32 Å². The second-order valence-electron chi connectivity index (χ2n) is 4.62. The van der Waals surface area contributed by atoms with Crippen molar-refractivity contribution in [2.45, 2.75) is 38.3 Å². The van der Waals surface area contributed by atoms with E-state index in [1.54, 1.807) is 12.1 Å². The van der Waals surface area contributed by atoms with Crippen LogP contribution >= 0.6 is 0 Å². The van der Waals surface area contributed by atoms with E-state index in [1.807, 2.05) is 12.1 Å². The average molecular weight is 235 g/mol. The van der Waals surface area contributed by atoms with E-state index in [0.29, 0.717) is 11.9 Å². The maximum absolute atomic E-state index is 9.15. The predicted molar refractivity (Wildman–Crippen MR) is 68.0 cm³/mol. The summed E-state index contributed by atoms with van der Waals surface area (Å²) >= 11 is 0. The minimum atomic E-state index is 0.326. The maximum Gasteiger partial charge on any atom is 0.115 e. The maximum atomic E-state index is 9.15. The van der Waals surface area contributed by atoms with Crippen molar-refractivity contribution < 1.29 is 9.84 Å². The molecule has 1 aliphatic rings. The molecular weight excluding hydrogens is 214 g/mol. The Bertz CT molecular complexity index is 317. The number of nitrogens with one attached hydrogen (secondary N) is 1. The van der Waals surface area contributed by atoms with Gasteiger partial charge in [-0.2, -0.15) is 0 Å². The molecule has 1 fully saturated rings. The van der Waals surface area contributed by atoms with Crippen molar-refractivity contribution in [2.75, 3.05) is 13.2 Å². The van der Waals surface area contributed by atoms with Gasteiger partial charge in [0, 0.05) is 13.2 Å². The lowest BCUT2D eigenvalue weighted by Gasteiger charge is -2.09. The number of aromatic hydroxyl groups is 1. The van der Waals surface area contributed by atoms with Crippen LogP contribution in [0.5, 0.6) is 5.75 Å². The number of rotatable bonds is 6. The summed E-state index contributed by atoms with van der Waals surface area (Å²) in [5, 5.41) is 12.6. The third-order valence-corrected chi connectivity index (χ3v) is 3.17. The summed E-state index contributed by atoms with van der Waals surface area (Å²) in [5.41, 5.74) is 1.21. The van der Waals surface area contributed by atoms with Crippen molar-refractivity contribution >= 4 is 0 Å².